The molecule has 0 aromatic carbocycles. The van der Waals surface area contributed by atoms with E-state index in [0.717, 1.165) is 5.56 Å². The Balaban J connectivity index is 2.23. The molecule has 5 heteroatoms. The maximum atomic E-state index is 5.54. The highest BCUT2D eigenvalue weighted by Gasteiger charge is 2.07. The number of aryl methyl sites for hydroxylation is 1. The van der Waals surface area contributed by atoms with Gasteiger partial charge in [-0.2, -0.15) is 11.3 Å². The third-order valence-corrected chi connectivity index (χ3v) is 2.42. The summed E-state index contributed by atoms with van der Waals surface area (Å²) < 4.78 is 5.37. The average molecular weight is 215 g/mol. The Bertz CT molecular complexity index is 371. The number of hydrogen-bond donors (Lipinski definition) is 0. The molecule has 0 amide bonds. The minimum atomic E-state index is 0.505. The number of halogens is 1. The Morgan fingerprint density at radius 2 is 2.38 bits per heavy atom. The molecule has 0 N–H and O–H groups in total. The third-order valence-electron chi connectivity index (χ3n) is 1.54. The van der Waals surface area contributed by atoms with Crippen LogP contribution in [0.3, 0.4) is 0 Å². The maximum absolute atomic E-state index is 5.54. The molecule has 0 aliphatic carbocycles. The van der Waals surface area contributed by atoms with Gasteiger partial charge < -0.3 is 4.42 Å². The van der Waals surface area contributed by atoms with Crippen molar-refractivity contribution in [1.29, 1.82) is 0 Å². The van der Waals surface area contributed by atoms with E-state index in [0.29, 0.717) is 24.1 Å². The van der Waals surface area contributed by atoms with Crippen LogP contribution in [0, 0.1) is 0 Å². The molecule has 0 saturated carbocycles. The van der Waals surface area contributed by atoms with Crippen molar-refractivity contribution in [3.05, 3.63) is 22.7 Å². The topological polar surface area (TPSA) is 38.9 Å². The zero-order valence-electron chi connectivity index (χ0n) is 6.74. The van der Waals surface area contributed by atoms with Crippen molar-refractivity contribution in [2.24, 2.45) is 0 Å². The number of nitrogens with zero attached hydrogens (tertiary/aromatic N) is 2. The molecule has 2 rings (SSSR count). The van der Waals surface area contributed by atoms with Crippen LogP contribution in [0.4, 0.5) is 0 Å². The summed E-state index contributed by atoms with van der Waals surface area (Å²) in [6, 6.07) is 1.95. The second-order valence-electron chi connectivity index (χ2n) is 2.45. The van der Waals surface area contributed by atoms with Gasteiger partial charge in [0.15, 0.2) is 0 Å². The maximum Gasteiger partial charge on any atom is 0.248 e. The molecule has 0 saturated heterocycles. The van der Waals surface area contributed by atoms with Gasteiger partial charge in [-0.3, -0.25) is 0 Å². The van der Waals surface area contributed by atoms with E-state index < -0.39 is 0 Å². The molecule has 0 atom stereocenters. The number of rotatable bonds is 3. The Labute approximate surface area is 84.4 Å². The van der Waals surface area contributed by atoms with Gasteiger partial charge in [-0.15, -0.1) is 21.8 Å². The fraction of sp³-hybridized carbons (Fsp3) is 0.250. The second-order valence-corrected chi connectivity index (χ2v) is 3.61. The first-order valence-electron chi connectivity index (χ1n) is 3.81. The van der Waals surface area contributed by atoms with E-state index in [-0.39, 0.29) is 0 Å². The standard InChI is InChI=1S/C8H7ClN2OS/c9-3-1-7-10-11-8(12-7)6-2-4-13-5-6/h2,4-5H,1,3H2. The van der Waals surface area contributed by atoms with E-state index >= 15 is 0 Å². The predicted molar refractivity (Wildman–Crippen MR) is 52.0 cm³/mol. The van der Waals surface area contributed by atoms with Crippen LogP contribution in [-0.4, -0.2) is 16.1 Å². The molecule has 2 heterocycles. The van der Waals surface area contributed by atoms with Gasteiger partial charge in [-0.05, 0) is 11.4 Å². The average Bonchev–Trinajstić information content (AvgIpc) is 2.70. The van der Waals surface area contributed by atoms with Crippen LogP contribution in [0.25, 0.3) is 11.5 Å². The van der Waals surface area contributed by atoms with E-state index in [1.807, 2.05) is 16.8 Å². The number of thiophene rings is 1. The lowest BCUT2D eigenvalue weighted by molar-refractivity contribution is 0.514. The monoisotopic (exact) mass is 214 g/mol. The van der Waals surface area contributed by atoms with Crippen molar-refractivity contribution in [2.75, 3.05) is 5.88 Å². The van der Waals surface area contributed by atoms with Crippen LogP contribution in [0.2, 0.25) is 0 Å². The Hall–Kier alpha value is -0.870. The predicted octanol–water partition coefficient (Wildman–Crippen LogP) is 2.58. The molecule has 0 fully saturated rings. The van der Waals surface area contributed by atoms with Gasteiger partial charge in [0.1, 0.15) is 0 Å². The Morgan fingerprint density at radius 1 is 1.46 bits per heavy atom. The SMILES string of the molecule is ClCCc1nnc(-c2ccsc2)o1. The summed E-state index contributed by atoms with van der Waals surface area (Å²) in [4.78, 5) is 0. The molecule has 3 nitrogen and oxygen atoms in total. The molecule has 13 heavy (non-hydrogen) atoms. The van der Waals surface area contributed by atoms with Crippen molar-refractivity contribution >= 4 is 22.9 Å². The van der Waals surface area contributed by atoms with Crippen molar-refractivity contribution in [3.63, 3.8) is 0 Å². The third kappa shape index (κ3) is 1.89. The summed E-state index contributed by atoms with van der Waals surface area (Å²) in [5, 5.41) is 11.7. The molecule has 2 aromatic heterocycles. The molecular weight excluding hydrogens is 208 g/mol. The highest BCUT2D eigenvalue weighted by atomic mass is 35.5. The summed E-state index contributed by atoms with van der Waals surface area (Å²) in [5.74, 6) is 1.67. The highest BCUT2D eigenvalue weighted by molar-refractivity contribution is 7.08. The summed E-state index contributed by atoms with van der Waals surface area (Å²) in [5.41, 5.74) is 0.971. The summed E-state index contributed by atoms with van der Waals surface area (Å²) in [7, 11) is 0. The van der Waals surface area contributed by atoms with Crippen LogP contribution < -0.4 is 0 Å². The number of hydrogen-bond acceptors (Lipinski definition) is 4. The molecule has 0 radical (unpaired) electrons. The van der Waals surface area contributed by atoms with Gasteiger partial charge in [-0.1, -0.05) is 0 Å². The van der Waals surface area contributed by atoms with Gasteiger partial charge in [0.05, 0.1) is 0 Å². The summed E-state index contributed by atoms with van der Waals surface area (Å²) in [6.45, 7) is 0. The summed E-state index contributed by atoms with van der Waals surface area (Å²) in [6.07, 6.45) is 0.624. The molecule has 0 aliphatic rings. The molecule has 68 valence electrons. The lowest BCUT2D eigenvalue weighted by Gasteiger charge is -1.86. The van der Waals surface area contributed by atoms with Gasteiger partial charge in [0.2, 0.25) is 11.8 Å². The first kappa shape index (κ1) is 8.72. The van der Waals surface area contributed by atoms with Gasteiger partial charge in [0, 0.05) is 23.2 Å². The van der Waals surface area contributed by atoms with Crippen LogP contribution in [0.5, 0.6) is 0 Å². The molecule has 0 unspecified atom stereocenters. The van der Waals surface area contributed by atoms with Crippen molar-refractivity contribution in [3.8, 4) is 11.5 Å². The molecule has 0 spiro atoms. The lowest BCUT2D eigenvalue weighted by atomic mass is 10.3. The molecule has 0 bridgehead atoms. The van der Waals surface area contributed by atoms with E-state index in [4.69, 9.17) is 16.0 Å². The first-order valence-corrected chi connectivity index (χ1v) is 5.29. The number of alkyl halides is 1. The fourth-order valence-electron chi connectivity index (χ4n) is 0.938. The quantitative estimate of drug-likeness (QED) is 0.738. The minimum absolute atomic E-state index is 0.505. The van der Waals surface area contributed by atoms with Crippen LogP contribution >= 0.6 is 22.9 Å². The van der Waals surface area contributed by atoms with Gasteiger partial charge in [0.25, 0.3) is 0 Å². The minimum Gasteiger partial charge on any atom is -0.421 e. The van der Waals surface area contributed by atoms with E-state index in [1.54, 1.807) is 11.3 Å². The van der Waals surface area contributed by atoms with Crippen molar-refractivity contribution in [2.45, 2.75) is 6.42 Å². The molecular formula is C8H7ClN2OS. The van der Waals surface area contributed by atoms with E-state index in [1.165, 1.54) is 0 Å². The van der Waals surface area contributed by atoms with E-state index in [9.17, 15) is 0 Å². The van der Waals surface area contributed by atoms with Gasteiger partial charge >= 0.3 is 0 Å². The smallest absolute Gasteiger partial charge is 0.248 e. The van der Waals surface area contributed by atoms with Crippen molar-refractivity contribution in [1.82, 2.24) is 10.2 Å². The van der Waals surface area contributed by atoms with Crippen LogP contribution in [-0.2, 0) is 6.42 Å². The first-order chi connectivity index (χ1) is 6.40. The number of aromatic nitrogens is 2. The normalized spacial score (nSPS) is 10.5. The largest absolute Gasteiger partial charge is 0.421 e. The lowest BCUT2D eigenvalue weighted by Crippen LogP contribution is -1.84. The van der Waals surface area contributed by atoms with Crippen LogP contribution in [0.15, 0.2) is 21.2 Å². The Morgan fingerprint density at radius 3 is 3.08 bits per heavy atom. The summed E-state index contributed by atoms with van der Waals surface area (Å²) >= 11 is 7.15. The van der Waals surface area contributed by atoms with Crippen molar-refractivity contribution < 1.29 is 4.42 Å². The van der Waals surface area contributed by atoms with Gasteiger partial charge in [-0.25, -0.2) is 0 Å². The second kappa shape index (κ2) is 3.89. The zero-order chi connectivity index (χ0) is 9.10. The zero-order valence-corrected chi connectivity index (χ0v) is 8.31. The molecule has 2 aromatic rings. The fourth-order valence-corrected chi connectivity index (χ4v) is 1.73. The Kier molecular flexibility index (Phi) is 2.61. The van der Waals surface area contributed by atoms with Crippen LogP contribution in [0.1, 0.15) is 5.89 Å². The van der Waals surface area contributed by atoms with E-state index in [2.05, 4.69) is 10.2 Å². The molecule has 0 aliphatic heterocycles. The highest BCUT2D eigenvalue weighted by Crippen LogP contribution is 2.20.